The maximum atomic E-state index is 12.8. The SMILES string of the molecule is CC(C)=CCC/C(C)=C/Cc1c(O)cc(O)c2c(=O)c3cc(O)ccc3oc12. The zero-order valence-corrected chi connectivity index (χ0v) is 16.2. The van der Waals surface area contributed by atoms with E-state index in [0.29, 0.717) is 12.0 Å². The quantitative estimate of drug-likeness (QED) is 0.413. The van der Waals surface area contributed by atoms with Gasteiger partial charge in [-0.15, -0.1) is 0 Å². The van der Waals surface area contributed by atoms with Crippen LogP contribution in [0.15, 0.2) is 56.8 Å². The summed E-state index contributed by atoms with van der Waals surface area (Å²) in [7, 11) is 0. The van der Waals surface area contributed by atoms with Gasteiger partial charge >= 0.3 is 0 Å². The van der Waals surface area contributed by atoms with Gasteiger partial charge in [0.1, 0.15) is 33.8 Å². The van der Waals surface area contributed by atoms with Crippen molar-refractivity contribution in [2.24, 2.45) is 0 Å². The summed E-state index contributed by atoms with van der Waals surface area (Å²) in [4.78, 5) is 12.8. The number of allylic oxidation sites excluding steroid dienone is 4. The summed E-state index contributed by atoms with van der Waals surface area (Å²) in [6.45, 7) is 6.14. The number of rotatable bonds is 5. The number of phenolic OH excluding ortho intramolecular Hbond substituents is 3. The number of benzene rings is 2. The van der Waals surface area contributed by atoms with Crippen molar-refractivity contribution in [3.8, 4) is 17.2 Å². The summed E-state index contributed by atoms with van der Waals surface area (Å²) in [5.41, 5.74) is 2.87. The van der Waals surface area contributed by atoms with E-state index in [4.69, 9.17) is 4.42 Å². The topological polar surface area (TPSA) is 90.9 Å². The Hall–Kier alpha value is -3.21. The molecule has 3 aromatic rings. The Balaban J connectivity index is 2.10. The zero-order valence-electron chi connectivity index (χ0n) is 16.2. The van der Waals surface area contributed by atoms with E-state index in [1.54, 1.807) is 0 Å². The van der Waals surface area contributed by atoms with E-state index in [1.165, 1.54) is 23.8 Å². The third-order valence-corrected chi connectivity index (χ3v) is 4.73. The fraction of sp³-hybridized carbons (Fsp3) is 0.261. The van der Waals surface area contributed by atoms with Crippen LogP contribution in [0.3, 0.4) is 0 Å². The van der Waals surface area contributed by atoms with Crippen molar-refractivity contribution in [2.45, 2.75) is 40.0 Å². The lowest BCUT2D eigenvalue weighted by Crippen LogP contribution is -2.04. The van der Waals surface area contributed by atoms with Crippen molar-refractivity contribution in [1.82, 2.24) is 0 Å². The van der Waals surface area contributed by atoms with Gasteiger partial charge in [-0.25, -0.2) is 0 Å². The van der Waals surface area contributed by atoms with Gasteiger partial charge in [0, 0.05) is 11.6 Å². The van der Waals surface area contributed by atoms with Crippen LogP contribution in [0.5, 0.6) is 17.2 Å². The van der Waals surface area contributed by atoms with E-state index in [-0.39, 0.29) is 39.2 Å². The third-order valence-electron chi connectivity index (χ3n) is 4.73. The smallest absolute Gasteiger partial charge is 0.204 e. The Morgan fingerprint density at radius 1 is 1.04 bits per heavy atom. The molecule has 0 aliphatic heterocycles. The lowest BCUT2D eigenvalue weighted by Gasteiger charge is -2.10. The molecule has 5 nitrogen and oxygen atoms in total. The first kappa shape index (κ1) is 19.5. The zero-order chi connectivity index (χ0) is 20.4. The molecule has 0 atom stereocenters. The van der Waals surface area contributed by atoms with Crippen LogP contribution in [0, 0.1) is 0 Å². The van der Waals surface area contributed by atoms with Crippen LogP contribution in [0.2, 0.25) is 0 Å². The van der Waals surface area contributed by atoms with Gasteiger partial charge in [-0.05, 0) is 58.2 Å². The summed E-state index contributed by atoms with van der Waals surface area (Å²) in [5, 5.41) is 30.4. The van der Waals surface area contributed by atoms with Crippen LogP contribution < -0.4 is 5.43 Å². The van der Waals surface area contributed by atoms with Gasteiger partial charge in [-0.2, -0.15) is 0 Å². The monoisotopic (exact) mass is 380 g/mol. The molecule has 0 radical (unpaired) electrons. The van der Waals surface area contributed by atoms with Gasteiger partial charge < -0.3 is 19.7 Å². The van der Waals surface area contributed by atoms with Crippen LogP contribution in [0.4, 0.5) is 0 Å². The Bertz CT molecular complexity index is 1160. The van der Waals surface area contributed by atoms with Crippen LogP contribution in [0.25, 0.3) is 21.9 Å². The van der Waals surface area contributed by atoms with Gasteiger partial charge in [-0.3, -0.25) is 4.79 Å². The number of hydrogen-bond donors (Lipinski definition) is 3. The van der Waals surface area contributed by atoms with Crippen molar-refractivity contribution in [2.75, 3.05) is 0 Å². The van der Waals surface area contributed by atoms with E-state index in [2.05, 4.69) is 19.9 Å². The van der Waals surface area contributed by atoms with Crippen LogP contribution in [0.1, 0.15) is 39.2 Å². The first-order chi connectivity index (χ1) is 13.3. The summed E-state index contributed by atoms with van der Waals surface area (Å²) in [6, 6.07) is 5.39. The van der Waals surface area contributed by atoms with Crippen LogP contribution >= 0.6 is 0 Å². The number of fused-ring (bicyclic) bond motifs is 2. The number of hydrogen-bond acceptors (Lipinski definition) is 5. The molecule has 0 aliphatic rings. The van der Waals surface area contributed by atoms with E-state index in [0.717, 1.165) is 24.5 Å². The molecular formula is C23H24O5. The fourth-order valence-electron chi connectivity index (χ4n) is 3.20. The molecule has 146 valence electrons. The summed E-state index contributed by atoms with van der Waals surface area (Å²) >= 11 is 0. The maximum Gasteiger partial charge on any atom is 0.204 e. The Morgan fingerprint density at radius 3 is 2.50 bits per heavy atom. The molecule has 3 N–H and O–H groups in total. The highest BCUT2D eigenvalue weighted by molar-refractivity contribution is 5.96. The molecule has 0 bridgehead atoms. The predicted molar refractivity (Wildman–Crippen MR) is 111 cm³/mol. The lowest BCUT2D eigenvalue weighted by atomic mass is 10.0. The molecule has 0 amide bonds. The van der Waals surface area contributed by atoms with Crippen molar-refractivity contribution in [3.63, 3.8) is 0 Å². The van der Waals surface area contributed by atoms with Gasteiger partial charge in [0.25, 0.3) is 0 Å². The third kappa shape index (κ3) is 3.88. The standard InChI is InChI=1S/C23H24O5/c1-13(2)5-4-6-14(3)7-9-16-18(25)12-19(26)21-22(27)17-11-15(24)8-10-20(17)28-23(16)21/h5,7-8,10-12,24-26H,4,6,9H2,1-3H3/b14-7+. The molecule has 0 saturated heterocycles. The lowest BCUT2D eigenvalue weighted by molar-refractivity contribution is 0.448. The second-order valence-electron chi connectivity index (χ2n) is 7.28. The molecule has 3 rings (SSSR count). The molecule has 5 heteroatoms. The fourth-order valence-corrected chi connectivity index (χ4v) is 3.20. The average molecular weight is 380 g/mol. The first-order valence-electron chi connectivity index (χ1n) is 9.20. The molecule has 0 unspecified atom stereocenters. The molecule has 0 spiro atoms. The van der Waals surface area contributed by atoms with Gasteiger partial charge in [0.15, 0.2) is 0 Å². The summed E-state index contributed by atoms with van der Waals surface area (Å²) < 4.78 is 5.85. The van der Waals surface area contributed by atoms with E-state index < -0.39 is 5.43 Å². The van der Waals surface area contributed by atoms with Crippen molar-refractivity contribution < 1.29 is 19.7 Å². The Kier molecular flexibility index (Phi) is 5.45. The summed E-state index contributed by atoms with van der Waals surface area (Å²) in [6.07, 6.45) is 6.37. The largest absolute Gasteiger partial charge is 0.508 e. The number of aromatic hydroxyl groups is 3. The Morgan fingerprint density at radius 2 is 1.79 bits per heavy atom. The maximum absolute atomic E-state index is 12.8. The van der Waals surface area contributed by atoms with E-state index in [1.807, 2.05) is 13.0 Å². The van der Waals surface area contributed by atoms with Crippen molar-refractivity contribution in [1.29, 1.82) is 0 Å². The minimum absolute atomic E-state index is 0.00138. The van der Waals surface area contributed by atoms with E-state index in [9.17, 15) is 20.1 Å². The highest BCUT2D eigenvalue weighted by Crippen LogP contribution is 2.35. The minimum atomic E-state index is -0.449. The van der Waals surface area contributed by atoms with Gasteiger partial charge in [-0.1, -0.05) is 23.3 Å². The van der Waals surface area contributed by atoms with Crippen molar-refractivity contribution in [3.05, 3.63) is 63.4 Å². The second-order valence-corrected chi connectivity index (χ2v) is 7.28. The molecule has 0 fully saturated rings. The molecule has 0 saturated carbocycles. The molecule has 28 heavy (non-hydrogen) atoms. The van der Waals surface area contributed by atoms with E-state index >= 15 is 0 Å². The normalized spacial score (nSPS) is 11.9. The number of phenols is 3. The van der Waals surface area contributed by atoms with Gasteiger partial charge in [0.05, 0.1) is 5.39 Å². The van der Waals surface area contributed by atoms with Crippen molar-refractivity contribution >= 4 is 21.9 Å². The molecule has 1 aromatic heterocycles. The summed E-state index contributed by atoms with van der Waals surface area (Å²) in [5.74, 6) is -0.535. The van der Waals surface area contributed by atoms with Gasteiger partial charge in [0.2, 0.25) is 5.43 Å². The minimum Gasteiger partial charge on any atom is -0.508 e. The molecule has 0 aliphatic carbocycles. The Labute approximate surface area is 162 Å². The van der Waals surface area contributed by atoms with Crippen LogP contribution in [-0.2, 0) is 6.42 Å². The first-order valence-corrected chi connectivity index (χ1v) is 9.20. The molecule has 2 aromatic carbocycles. The second kappa shape index (κ2) is 7.80. The average Bonchev–Trinajstić information content (AvgIpc) is 2.61. The highest BCUT2D eigenvalue weighted by Gasteiger charge is 2.18. The van der Waals surface area contributed by atoms with Crippen LogP contribution in [-0.4, -0.2) is 15.3 Å². The molecular weight excluding hydrogens is 356 g/mol. The highest BCUT2D eigenvalue weighted by atomic mass is 16.3. The predicted octanol–water partition coefficient (Wildman–Crippen LogP) is 5.30. The molecule has 1 heterocycles.